The van der Waals surface area contributed by atoms with Crippen LogP contribution in [-0.4, -0.2) is 26.2 Å². The largest absolute Gasteiger partial charge is 0.487 e. The van der Waals surface area contributed by atoms with Gasteiger partial charge in [-0.2, -0.15) is 0 Å². The number of aromatic nitrogens is 3. The lowest BCUT2D eigenvalue weighted by molar-refractivity contribution is 0.294. The van der Waals surface area contributed by atoms with Crippen LogP contribution in [0.1, 0.15) is 41.4 Å². The third-order valence-corrected chi connectivity index (χ3v) is 5.42. The second kappa shape index (κ2) is 12.0. The smallest absolute Gasteiger partial charge is 0.218 e. The number of ether oxygens (including phenoxy) is 1. The summed E-state index contributed by atoms with van der Waals surface area (Å²) in [6, 6.07) is 14.3. The van der Waals surface area contributed by atoms with Crippen molar-refractivity contribution in [1.29, 1.82) is 0 Å². The third kappa shape index (κ3) is 6.89. The Balaban J connectivity index is 1.19. The molecular formula is C27H28FN3O3. The van der Waals surface area contributed by atoms with E-state index in [1.807, 2.05) is 24.4 Å². The maximum Gasteiger partial charge on any atom is 0.218 e. The van der Waals surface area contributed by atoms with E-state index in [0.29, 0.717) is 24.6 Å². The molecule has 0 fully saturated rings. The number of aliphatic hydroxyl groups is 1. The van der Waals surface area contributed by atoms with Crippen LogP contribution in [-0.2, 0) is 26.0 Å². The Labute approximate surface area is 198 Å². The van der Waals surface area contributed by atoms with Crippen LogP contribution in [0, 0.1) is 5.82 Å². The third-order valence-electron chi connectivity index (χ3n) is 5.42. The molecule has 0 amide bonds. The molecule has 0 saturated heterocycles. The topological polar surface area (TPSA) is 73.3 Å². The van der Waals surface area contributed by atoms with E-state index < -0.39 is 0 Å². The standard InChI is InChI=1S/C27H28FN3O3/c28-23-9-4-22(5-10-23)8-13-27-30-24(20-34-27)19-33-25-11-6-21(7-12-25)3-1-2-16-31-17-15-29-26(31)14-18-32/h4-13,15,17,20,32H,1-3,14,16,18-19H2. The predicted molar refractivity (Wildman–Crippen MR) is 129 cm³/mol. The number of rotatable bonds is 12. The summed E-state index contributed by atoms with van der Waals surface area (Å²) >= 11 is 0. The fourth-order valence-corrected chi connectivity index (χ4v) is 3.60. The Morgan fingerprint density at radius 3 is 2.62 bits per heavy atom. The van der Waals surface area contributed by atoms with Gasteiger partial charge in [0.15, 0.2) is 0 Å². The molecule has 0 saturated carbocycles. The van der Waals surface area contributed by atoms with Crippen LogP contribution in [0.4, 0.5) is 4.39 Å². The molecule has 34 heavy (non-hydrogen) atoms. The summed E-state index contributed by atoms with van der Waals surface area (Å²) in [4.78, 5) is 8.67. The number of nitrogens with zero attached hydrogens (tertiary/aromatic N) is 3. The summed E-state index contributed by atoms with van der Waals surface area (Å²) in [5, 5.41) is 9.09. The molecule has 0 aliphatic rings. The van der Waals surface area contributed by atoms with E-state index in [-0.39, 0.29) is 12.4 Å². The van der Waals surface area contributed by atoms with Gasteiger partial charge in [-0.05, 0) is 60.7 Å². The van der Waals surface area contributed by atoms with Crippen LogP contribution in [0.3, 0.4) is 0 Å². The average molecular weight is 462 g/mol. The Morgan fingerprint density at radius 2 is 1.82 bits per heavy atom. The zero-order chi connectivity index (χ0) is 23.6. The molecule has 1 N–H and O–H groups in total. The van der Waals surface area contributed by atoms with Crippen molar-refractivity contribution in [3.63, 3.8) is 0 Å². The van der Waals surface area contributed by atoms with Crippen molar-refractivity contribution in [3.05, 3.63) is 102 Å². The van der Waals surface area contributed by atoms with Gasteiger partial charge in [-0.15, -0.1) is 0 Å². The SMILES string of the molecule is OCCc1nccn1CCCCc1ccc(OCc2coc(C=Cc3ccc(F)cc3)n2)cc1. The van der Waals surface area contributed by atoms with Gasteiger partial charge in [-0.3, -0.25) is 0 Å². The van der Waals surface area contributed by atoms with Crippen LogP contribution in [0.15, 0.2) is 71.6 Å². The van der Waals surface area contributed by atoms with E-state index in [9.17, 15) is 4.39 Å². The summed E-state index contributed by atoms with van der Waals surface area (Å²) in [6.45, 7) is 1.35. The van der Waals surface area contributed by atoms with Gasteiger partial charge in [0.05, 0.1) is 6.61 Å². The molecule has 4 aromatic rings. The summed E-state index contributed by atoms with van der Waals surface area (Å²) < 4.78 is 26.4. The van der Waals surface area contributed by atoms with Gasteiger partial charge in [-0.1, -0.05) is 24.3 Å². The number of hydrogen-bond donors (Lipinski definition) is 1. The number of unbranched alkanes of at least 4 members (excludes halogenated alkanes) is 1. The number of benzene rings is 2. The van der Waals surface area contributed by atoms with Gasteiger partial charge in [0.1, 0.15) is 36.0 Å². The summed E-state index contributed by atoms with van der Waals surface area (Å²) in [6.07, 6.45) is 12.6. The molecule has 0 unspecified atom stereocenters. The summed E-state index contributed by atoms with van der Waals surface area (Å²) in [5.74, 6) is 1.92. The highest BCUT2D eigenvalue weighted by molar-refractivity contribution is 5.65. The summed E-state index contributed by atoms with van der Waals surface area (Å²) in [5.41, 5.74) is 2.83. The highest BCUT2D eigenvalue weighted by atomic mass is 19.1. The van der Waals surface area contributed by atoms with Crippen LogP contribution < -0.4 is 4.74 Å². The molecule has 176 valence electrons. The van der Waals surface area contributed by atoms with Crippen molar-refractivity contribution >= 4 is 12.2 Å². The van der Waals surface area contributed by atoms with Crippen molar-refractivity contribution in [2.45, 2.75) is 38.8 Å². The number of imidazole rings is 1. The molecule has 0 aliphatic heterocycles. The van der Waals surface area contributed by atoms with Crippen LogP contribution in [0.2, 0.25) is 0 Å². The molecule has 0 aliphatic carbocycles. The van der Waals surface area contributed by atoms with Gasteiger partial charge in [-0.25, -0.2) is 14.4 Å². The summed E-state index contributed by atoms with van der Waals surface area (Å²) in [7, 11) is 0. The lowest BCUT2D eigenvalue weighted by Gasteiger charge is -2.08. The van der Waals surface area contributed by atoms with Gasteiger partial charge >= 0.3 is 0 Å². The van der Waals surface area contributed by atoms with Crippen molar-refractivity contribution in [1.82, 2.24) is 14.5 Å². The highest BCUT2D eigenvalue weighted by Crippen LogP contribution is 2.17. The van der Waals surface area contributed by atoms with Crippen LogP contribution >= 0.6 is 0 Å². The number of hydrogen-bond acceptors (Lipinski definition) is 5. The Hall–Kier alpha value is -3.71. The van der Waals surface area contributed by atoms with E-state index >= 15 is 0 Å². The Bertz CT molecular complexity index is 1180. The first kappa shape index (κ1) is 23.4. The lowest BCUT2D eigenvalue weighted by Crippen LogP contribution is -2.05. The second-order valence-corrected chi connectivity index (χ2v) is 7.96. The Kier molecular flexibility index (Phi) is 8.24. The quantitative estimate of drug-likeness (QED) is 0.289. The molecule has 0 radical (unpaired) electrons. The molecule has 2 heterocycles. The van der Waals surface area contributed by atoms with E-state index in [1.54, 1.807) is 30.7 Å². The monoisotopic (exact) mass is 461 g/mol. The van der Waals surface area contributed by atoms with E-state index in [0.717, 1.165) is 42.9 Å². The lowest BCUT2D eigenvalue weighted by atomic mass is 10.1. The fourth-order valence-electron chi connectivity index (χ4n) is 3.60. The molecule has 4 rings (SSSR count). The number of oxazole rings is 1. The molecule has 2 aromatic carbocycles. The Morgan fingerprint density at radius 1 is 1.00 bits per heavy atom. The number of aryl methyl sites for hydroxylation is 2. The highest BCUT2D eigenvalue weighted by Gasteiger charge is 2.04. The van der Waals surface area contributed by atoms with Crippen molar-refractivity contribution in [2.24, 2.45) is 0 Å². The van der Waals surface area contributed by atoms with E-state index in [4.69, 9.17) is 14.3 Å². The first-order valence-electron chi connectivity index (χ1n) is 11.4. The maximum atomic E-state index is 13.0. The van der Waals surface area contributed by atoms with Gasteiger partial charge < -0.3 is 18.8 Å². The zero-order valence-electron chi connectivity index (χ0n) is 18.9. The maximum absolute atomic E-state index is 13.0. The predicted octanol–water partition coefficient (Wildman–Crippen LogP) is 5.32. The first-order valence-corrected chi connectivity index (χ1v) is 11.4. The molecule has 2 aromatic heterocycles. The van der Waals surface area contributed by atoms with Crippen LogP contribution in [0.5, 0.6) is 5.75 Å². The van der Waals surface area contributed by atoms with Gasteiger partial charge in [0.25, 0.3) is 0 Å². The molecule has 0 bridgehead atoms. The molecular weight excluding hydrogens is 433 g/mol. The van der Waals surface area contributed by atoms with Crippen LogP contribution in [0.25, 0.3) is 12.2 Å². The fraction of sp³-hybridized carbons (Fsp3) is 0.259. The van der Waals surface area contributed by atoms with Crippen molar-refractivity contribution < 1.29 is 18.7 Å². The minimum atomic E-state index is -0.264. The average Bonchev–Trinajstić information content (AvgIpc) is 3.50. The van der Waals surface area contributed by atoms with Gasteiger partial charge in [0, 0.05) is 31.4 Å². The number of aliphatic hydroxyl groups excluding tert-OH is 1. The molecule has 0 atom stereocenters. The second-order valence-electron chi connectivity index (χ2n) is 7.96. The molecule has 0 spiro atoms. The van der Waals surface area contributed by atoms with E-state index in [2.05, 4.69) is 26.7 Å². The van der Waals surface area contributed by atoms with E-state index in [1.165, 1.54) is 17.7 Å². The first-order chi connectivity index (χ1) is 16.7. The molecule has 7 heteroatoms. The number of halogens is 1. The molecule has 6 nitrogen and oxygen atoms in total. The van der Waals surface area contributed by atoms with Gasteiger partial charge in [0.2, 0.25) is 5.89 Å². The zero-order valence-corrected chi connectivity index (χ0v) is 18.9. The van der Waals surface area contributed by atoms with Crippen molar-refractivity contribution in [2.75, 3.05) is 6.61 Å². The minimum absolute atomic E-state index is 0.123. The van der Waals surface area contributed by atoms with Crippen molar-refractivity contribution in [3.8, 4) is 5.75 Å². The normalized spacial score (nSPS) is 11.4. The minimum Gasteiger partial charge on any atom is -0.487 e.